The molecule has 0 fully saturated rings. The second-order valence-corrected chi connectivity index (χ2v) is 6.09. The molecule has 0 aliphatic heterocycles. The number of pyridine rings is 1. The van der Waals surface area contributed by atoms with Crippen LogP contribution in [0.4, 0.5) is 5.82 Å². The van der Waals surface area contributed by atoms with Gasteiger partial charge in [0.15, 0.2) is 5.96 Å². The molecule has 0 unspecified atom stereocenters. The van der Waals surface area contributed by atoms with Crippen LogP contribution in [0.3, 0.4) is 0 Å². The van der Waals surface area contributed by atoms with Gasteiger partial charge in [-0.3, -0.25) is 0 Å². The average molecular weight is 481 g/mol. The molecule has 1 aromatic carbocycles. The van der Waals surface area contributed by atoms with Crippen LogP contribution >= 0.6 is 24.0 Å². The highest BCUT2D eigenvalue weighted by molar-refractivity contribution is 14.0. The second kappa shape index (κ2) is 14.3. The number of aromatic nitrogens is 1. The minimum atomic E-state index is 0. The summed E-state index contributed by atoms with van der Waals surface area (Å²) in [5.41, 5.74) is 2.67. The maximum atomic E-state index is 4.73. The minimum Gasteiger partial charge on any atom is -0.370 e. The number of nitrogens with zero attached hydrogens (tertiary/aromatic N) is 2. The molecule has 6 heteroatoms. The third-order valence-electron chi connectivity index (χ3n) is 4.12. The lowest BCUT2D eigenvalue weighted by Gasteiger charge is -2.12. The van der Waals surface area contributed by atoms with Crippen molar-refractivity contribution in [2.24, 2.45) is 4.99 Å². The van der Waals surface area contributed by atoms with Gasteiger partial charge in [-0.05, 0) is 49.4 Å². The molecule has 2 aromatic rings. The fraction of sp³-hybridized carbons (Fsp3) is 0.429. The summed E-state index contributed by atoms with van der Waals surface area (Å²) in [6.07, 6.45) is 5.01. The predicted molar refractivity (Wildman–Crippen MR) is 126 cm³/mol. The van der Waals surface area contributed by atoms with Crippen molar-refractivity contribution in [3.05, 3.63) is 59.8 Å². The molecule has 1 heterocycles. The number of aliphatic imine (C=N–C) groups is 1. The first-order chi connectivity index (χ1) is 12.8. The van der Waals surface area contributed by atoms with Gasteiger partial charge in [-0.2, -0.15) is 0 Å². The van der Waals surface area contributed by atoms with Crippen molar-refractivity contribution in [2.45, 2.75) is 39.7 Å². The Kier molecular flexibility index (Phi) is 12.3. The number of hydrogen-bond acceptors (Lipinski definition) is 3. The summed E-state index contributed by atoms with van der Waals surface area (Å²) in [5.74, 6) is 1.82. The van der Waals surface area contributed by atoms with E-state index in [0.717, 1.165) is 50.7 Å². The summed E-state index contributed by atoms with van der Waals surface area (Å²) >= 11 is 0. The van der Waals surface area contributed by atoms with E-state index < -0.39 is 0 Å². The lowest BCUT2D eigenvalue weighted by molar-refractivity contribution is 0.712. The highest BCUT2D eigenvalue weighted by Crippen LogP contribution is 2.10. The number of nitrogens with one attached hydrogen (secondary N) is 3. The maximum absolute atomic E-state index is 4.73. The van der Waals surface area contributed by atoms with E-state index in [9.17, 15) is 0 Å². The van der Waals surface area contributed by atoms with Crippen molar-refractivity contribution in [1.82, 2.24) is 15.6 Å². The number of benzene rings is 1. The molecule has 0 bridgehead atoms. The lowest BCUT2D eigenvalue weighted by atomic mass is 10.1. The summed E-state index contributed by atoms with van der Waals surface area (Å²) in [4.78, 5) is 8.99. The fourth-order valence-electron chi connectivity index (χ4n) is 2.70. The third kappa shape index (κ3) is 9.08. The van der Waals surface area contributed by atoms with Crippen LogP contribution in [0.25, 0.3) is 0 Å². The predicted octanol–water partition coefficient (Wildman–Crippen LogP) is 4.21. The number of hydrogen-bond donors (Lipinski definition) is 3. The van der Waals surface area contributed by atoms with Gasteiger partial charge in [-0.1, -0.05) is 37.3 Å². The van der Waals surface area contributed by atoms with Gasteiger partial charge < -0.3 is 16.0 Å². The monoisotopic (exact) mass is 481 g/mol. The molecule has 1 aromatic heterocycles. The fourth-order valence-corrected chi connectivity index (χ4v) is 2.70. The van der Waals surface area contributed by atoms with Gasteiger partial charge in [0.1, 0.15) is 5.82 Å². The number of unbranched alkanes of at least 4 members (excludes halogenated alkanes) is 1. The zero-order valence-electron chi connectivity index (χ0n) is 16.4. The molecule has 0 amide bonds. The molecule has 3 N–H and O–H groups in total. The van der Waals surface area contributed by atoms with Crippen molar-refractivity contribution in [1.29, 1.82) is 0 Å². The number of halogens is 1. The van der Waals surface area contributed by atoms with Crippen LogP contribution in [0, 0.1) is 0 Å². The molecule has 148 valence electrons. The second-order valence-electron chi connectivity index (χ2n) is 6.09. The Bertz CT molecular complexity index is 661. The number of guanidine groups is 1. The van der Waals surface area contributed by atoms with E-state index in [1.807, 2.05) is 18.2 Å². The van der Waals surface area contributed by atoms with Crippen LogP contribution in [0.5, 0.6) is 0 Å². The Balaban J connectivity index is 0.00000364. The number of anilines is 1. The molecule has 5 nitrogen and oxygen atoms in total. The van der Waals surface area contributed by atoms with Crippen LogP contribution in [-0.2, 0) is 13.0 Å². The van der Waals surface area contributed by atoms with Crippen molar-refractivity contribution in [3.63, 3.8) is 0 Å². The Labute approximate surface area is 180 Å². The van der Waals surface area contributed by atoms with Gasteiger partial charge in [-0.25, -0.2) is 9.98 Å². The van der Waals surface area contributed by atoms with Crippen molar-refractivity contribution in [3.8, 4) is 0 Å². The quantitative estimate of drug-likeness (QED) is 0.206. The Morgan fingerprint density at radius 3 is 2.37 bits per heavy atom. The SMILES string of the molecule is CCNC(=NCc1ccccc1CC)NCCCCNc1ccccn1.I. The minimum absolute atomic E-state index is 0. The smallest absolute Gasteiger partial charge is 0.191 e. The summed E-state index contributed by atoms with van der Waals surface area (Å²) < 4.78 is 0. The molecule has 0 aliphatic carbocycles. The van der Waals surface area contributed by atoms with E-state index in [4.69, 9.17) is 4.99 Å². The Morgan fingerprint density at radius 1 is 0.926 bits per heavy atom. The zero-order chi connectivity index (χ0) is 18.5. The Morgan fingerprint density at radius 2 is 1.67 bits per heavy atom. The van der Waals surface area contributed by atoms with E-state index in [1.54, 1.807) is 6.20 Å². The number of aryl methyl sites for hydroxylation is 1. The lowest BCUT2D eigenvalue weighted by Crippen LogP contribution is -2.37. The van der Waals surface area contributed by atoms with Crippen molar-refractivity contribution >= 4 is 35.8 Å². The van der Waals surface area contributed by atoms with Crippen LogP contribution in [-0.4, -0.2) is 30.6 Å². The van der Waals surface area contributed by atoms with E-state index >= 15 is 0 Å². The topological polar surface area (TPSA) is 61.3 Å². The highest BCUT2D eigenvalue weighted by atomic mass is 127. The molecular weight excluding hydrogens is 449 g/mol. The van der Waals surface area contributed by atoms with E-state index in [0.29, 0.717) is 6.54 Å². The van der Waals surface area contributed by atoms with E-state index in [1.165, 1.54) is 11.1 Å². The van der Waals surface area contributed by atoms with E-state index in [2.05, 4.69) is 59.0 Å². The van der Waals surface area contributed by atoms with Crippen LogP contribution in [0.2, 0.25) is 0 Å². The normalized spacial score (nSPS) is 10.8. The molecular formula is C21H32IN5. The van der Waals surface area contributed by atoms with Gasteiger partial charge in [0.25, 0.3) is 0 Å². The molecule has 27 heavy (non-hydrogen) atoms. The standard InChI is InChI=1S/C21H31N5.HI/c1-3-18-11-5-6-12-19(18)17-26-21(22-4-2)25-16-10-9-15-24-20-13-7-8-14-23-20;/h5-8,11-14H,3-4,9-10,15-17H2,1-2H3,(H,23,24)(H2,22,25,26);1H. The molecule has 0 saturated carbocycles. The molecule has 0 spiro atoms. The van der Waals surface area contributed by atoms with Crippen molar-refractivity contribution in [2.75, 3.05) is 25.0 Å². The molecule has 0 radical (unpaired) electrons. The van der Waals surface area contributed by atoms with E-state index in [-0.39, 0.29) is 24.0 Å². The first-order valence-corrected chi connectivity index (χ1v) is 9.57. The van der Waals surface area contributed by atoms with Gasteiger partial charge in [-0.15, -0.1) is 24.0 Å². The summed E-state index contributed by atoms with van der Waals surface area (Å²) in [6, 6.07) is 14.4. The Hall–Kier alpha value is -1.83. The third-order valence-corrected chi connectivity index (χ3v) is 4.12. The maximum Gasteiger partial charge on any atom is 0.191 e. The molecule has 2 rings (SSSR count). The number of rotatable bonds is 10. The van der Waals surface area contributed by atoms with Gasteiger partial charge in [0, 0.05) is 25.8 Å². The average Bonchev–Trinajstić information content (AvgIpc) is 2.69. The molecule has 0 saturated heterocycles. The molecule has 0 aliphatic rings. The molecule has 0 atom stereocenters. The van der Waals surface area contributed by atoms with Gasteiger partial charge >= 0.3 is 0 Å². The van der Waals surface area contributed by atoms with Crippen LogP contribution in [0.1, 0.15) is 37.8 Å². The first-order valence-electron chi connectivity index (χ1n) is 9.57. The zero-order valence-corrected chi connectivity index (χ0v) is 18.7. The summed E-state index contributed by atoms with van der Waals surface area (Å²) in [6.45, 7) is 7.68. The van der Waals surface area contributed by atoms with Crippen molar-refractivity contribution < 1.29 is 0 Å². The largest absolute Gasteiger partial charge is 0.370 e. The van der Waals surface area contributed by atoms with Crippen LogP contribution in [0.15, 0.2) is 53.7 Å². The highest BCUT2D eigenvalue weighted by Gasteiger charge is 2.01. The summed E-state index contributed by atoms with van der Waals surface area (Å²) in [7, 11) is 0. The van der Waals surface area contributed by atoms with Gasteiger partial charge in [0.05, 0.1) is 6.54 Å². The van der Waals surface area contributed by atoms with Gasteiger partial charge in [0.2, 0.25) is 0 Å². The summed E-state index contributed by atoms with van der Waals surface area (Å²) in [5, 5.41) is 10.1. The van der Waals surface area contributed by atoms with Crippen LogP contribution < -0.4 is 16.0 Å². The first kappa shape index (κ1) is 23.2.